The first-order valence-electron chi connectivity index (χ1n) is 6.49. The highest BCUT2D eigenvalue weighted by molar-refractivity contribution is 5.68. The molecule has 0 fully saturated rings. The minimum Gasteiger partial charge on any atom is -0.282 e. The molecular formula is C17H12N4. The first-order valence-corrected chi connectivity index (χ1v) is 6.49. The molecule has 0 spiro atoms. The second-order valence-corrected chi connectivity index (χ2v) is 4.51. The zero-order valence-corrected chi connectivity index (χ0v) is 11.2. The van der Waals surface area contributed by atoms with Crippen LogP contribution in [0.4, 0.5) is 0 Å². The molecule has 1 aromatic heterocycles. The van der Waals surface area contributed by atoms with Crippen LogP contribution >= 0.6 is 0 Å². The molecule has 2 aromatic carbocycles. The fourth-order valence-corrected chi connectivity index (χ4v) is 2.19. The highest BCUT2D eigenvalue weighted by Crippen LogP contribution is 2.20. The van der Waals surface area contributed by atoms with Crippen molar-refractivity contribution in [2.75, 3.05) is 0 Å². The number of nitrogens with one attached hydrogen (secondary N) is 1. The van der Waals surface area contributed by atoms with Crippen molar-refractivity contribution in [2.45, 2.75) is 0 Å². The molecule has 100 valence electrons. The van der Waals surface area contributed by atoms with Crippen LogP contribution < -0.4 is 5.49 Å². The van der Waals surface area contributed by atoms with Gasteiger partial charge in [0.05, 0.1) is 11.9 Å². The predicted octanol–water partition coefficient (Wildman–Crippen LogP) is 2.89. The Labute approximate surface area is 122 Å². The van der Waals surface area contributed by atoms with Gasteiger partial charge in [-0.15, -0.1) is 0 Å². The summed E-state index contributed by atoms with van der Waals surface area (Å²) in [5.74, 6) is 0. The van der Waals surface area contributed by atoms with Gasteiger partial charge in [-0.25, -0.2) is 4.68 Å². The van der Waals surface area contributed by atoms with Crippen molar-refractivity contribution >= 4 is 0 Å². The van der Waals surface area contributed by atoms with Crippen molar-refractivity contribution in [3.8, 4) is 22.9 Å². The molecule has 0 amide bonds. The SMILES string of the molecule is N#Cc1c(-c2ccccc2)cnn(-c2ccccc2)c1=N. The number of benzene rings is 2. The van der Waals surface area contributed by atoms with Gasteiger partial charge in [0.1, 0.15) is 11.6 Å². The Morgan fingerprint density at radius 2 is 1.57 bits per heavy atom. The smallest absolute Gasteiger partial charge is 0.165 e. The standard InChI is InChI=1S/C17H12N4/c18-11-15-16(13-7-3-1-4-8-13)12-20-21(17(15)19)14-9-5-2-6-10-14/h1-10,12,19H. The van der Waals surface area contributed by atoms with Crippen LogP contribution in [0.3, 0.4) is 0 Å². The number of rotatable bonds is 2. The van der Waals surface area contributed by atoms with Gasteiger partial charge in [-0.2, -0.15) is 10.4 Å². The first kappa shape index (κ1) is 12.8. The second-order valence-electron chi connectivity index (χ2n) is 4.51. The van der Waals surface area contributed by atoms with Gasteiger partial charge in [-0.1, -0.05) is 48.5 Å². The first-order chi connectivity index (χ1) is 10.3. The molecule has 21 heavy (non-hydrogen) atoms. The molecule has 0 aliphatic rings. The summed E-state index contributed by atoms with van der Waals surface area (Å²) in [6.45, 7) is 0. The molecule has 4 nitrogen and oxygen atoms in total. The number of hydrogen-bond donors (Lipinski definition) is 1. The van der Waals surface area contributed by atoms with E-state index < -0.39 is 0 Å². The van der Waals surface area contributed by atoms with Crippen molar-refractivity contribution in [2.24, 2.45) is 0 Å². The maximum atomic E-state index is 9.42. The van der Waals surface area contributed by atoms with E-state index in [-0.39, 0.29) is 5.49 Å². The lowest BCUT2D eigenvalue weighted by Gasteiger charge is -2.09. The lowest BCUT2D eigenvalue weighted by Crippen LogP contribution is -2.24. The Morgan fingerprint density at radius 1 is 0.952 bits per heavy atom. The Morgan fingerprint density at radius 3 is 2.19 bits per heavy atom. The van der Waals surface area contributed by atoms with E-state index in [1.807, 2.05) is 60.7 Å². The monoisotopic (exact) mass is 272 g/mol. The molecule has 0 aliphatic carbocycles. The van der Waals surface area contributed by atoms with Crippen LogP contribution in [-0.2, 0) is 0 Å². The van der Waals surface area contributed by atoms with Gasteiger partial charge in [0.2, 0.25) is 0 Å². The van der Waals surface area contributed by atoms with Crippen molar-refractivity contribution < 1.29 is 0 Å². The summed E-state index contributed by atoms with van der Waals surface area (Å²) in [6.07, 6.45) is 1.64. The van der Waals surface area contributed by atoms with E-state index in [1.54, 1.807) is 6.20 Å². The number of aromatic nitrogens is 2. The Bertz CT molecular complexity index is 859. The zero-order valence-electron chi connectivity index (χ0n) is 11.2. The van der Waals surface area contributed by atoms with Crippen LogP contribution in [0, 0.1) is 16.7 Å². The number of nitrogens with zero attached hydrogens (tertiary/aromatic N) is 3. The Hall–Kier alpha value is -3.19. The third-order valence-electron chi connectivity index (χ3n) is 3.22. The van der Waals surface area contributed by atoms with E-state index in [2.05, 4.69) is 11.2 Å². The molecule has 0 atom stereocenters. The number of nitriles is 1. The molecule has 1 heterocycles. The summed E-state index contributed by atoms with van der Waals surface area (Å²) < 4.78 is 1.46. The fraction of sp³-hybridized carbons (Fsp3) is 0. The maximum absolute atomic E-state index is 9.42. The minimum absolute atomic E-state index is 0.0880. The third kappa shape index (κ3) is 2.33. The summed E-state index contributed by atoms with van der Waals surface area (Å²) >= 11 is 0. The van der Waals surface area contributed by atoms with Crippen LogP contribution in [0.25, 0.3) is 16.8 Å². The molecule has 4 heteroatoms. The molecule has 0 saturated carbocycles. The van der Waals surface area contributed by atoms with E-state index in [4.69, 9.17) is 5.41 Å². The Balaban J connectivity index is 2.23. The highest BCUT2D eigenvalue weighted by atomic mass is 15.3. The molecule has 3 aromatic rings. The van der Waals surface area contributed by atoms with E-state index >= 15 is 0 Å². The van der Waals surface area contributed by atoms with Gasteiger partial charge in [0.25, 0.3) is 0 Å². The van der Waals surface area contributed by atoms with Gasteiger partial charge < -0.3 is 0 Å². The van der Waals surface area contributed by atoms with E-state index in [9.17, 15) is 5.26 Å². The molecular weight excluding hydrogens is 260 g/mol. The van der Waals surface area contributed by atoms with Crippen molar-refractivity contribution in [1.82, 2.24) is 9.78 Å². The van der Waals surface area contributed by atoms with Gasteiger partial charge in [-0.05, 0) is 17.7 Å². The molecule has 0 aliphatic heterocycles. The summed E-state index contributed by atoms with van der Waals surface area (Å²) in [4.78, 5) is 0. The molecule has 0 unspecified atom stereocenters. The van der Waals surface area contributed by atoms with Crippen molar-refractivity contribution in [3.63, 3.8) is 0 Å². The quantitative estimate of drug-likeness (QED) is 0.779. The summed E-state index contributed by atoms with van der Waals surface area (Å²) in [6, 6.07) is 21.0. The van der Waals surface area contributed by atoms with Crippen LogP contribution in [-0.4, -0.2) is 9.78 Å². The molecule has 0 saturated heterocycles. The van der Waals surface area contributed by atoms with Gasteiger partial charge in [-0.3, -0.25) is 5.41 Å². The largest absolute Gasteiger partial charge is 0.282 e. The lowest BCUT2D eigenvalue weighted by molar-refractivity contribution is 0.770. The Kier molecular flexibility index (Phi) is 3.32. The van der Waals surface area contributed by atoms with Gasteiger partial charge in [0, 0.05) is 5.56 Å². The van der Waals surface area contributed by atoms with Crippen LogP contribution in [0.5, 0.6) is 0 Å². The minimum atomic E-state index is 0.0880. The van der Waals surface area contributed by atoms with E-state index in [0.29, 0.717) is 11.1 Å². The molecule has 1 N–H and O–H groups in total. The van der Waals surface area contributed by atoms with Crippen LogP contribution in [0.2, 0.25) is 0 Å². The van der Waals surface area contributed by atoms with Gasteiger partial charge >= 0.3 is 0 Å². The fourth-order valence-electron chi connectivity index (χ4n) is 2.19. The second kappa shape index (κ2) is 5.43. The third-order valence-corrected chi connectivity index (χ3v) is 3.22. The summed E-state index contributed by atoms with van der Waals surface area (Å²) in [5, 5.41) is 22.0. The number of para-hydroxylation sites is 1. The van der Waals surface area contributed by atoms with E-state index in [0.717, 1.165) is 11.3 Å². The summed E-state index contributed by atoms with van der Waals surface area (Å²) in [7, 11) is 0. The van der Waals surface area contributed by atoms with Crippen LogP contribution in [0.15, 0.2) is 66.9 Å². The van der Waals surface area contributed by atoms with Crippen LogP contribution in [0.1, 0.15) is 5.56 Å². The van der Waals surface area contributed by atoms with Crippen molar-refractivity contribution in [1.29, 1.82) is 10.7 Å². The average molecular weight is 272 g/mol. The highest BCUT2D eigenvalue weighted by Gasteiger charge is 2.10. The average Bonchev–Trinajstić information content (AvgIpc) is 2.56. The number of hydrogen-bond acceptors (Lipinski definition) is 3. The van der Waals surface area contributed by atoms with Crippen molar-refractivity contribution in [3.05, 3.63) is 77.9 Å². The predicted molar refractivity (Wildman–Crippen MR) is 79.6 cm³/mol. The molecule has 0 bridgehead atoms. The topological polar surface area (TPSA) is 65.5 Å². The summed E-state index contributed by atoms with van der Waals surface area (Å²) in [5.41, 5.74) is 2.73. The van der Waals surface area contributed by atoms with E-state index in [1.165, 1.54) is 4.68 Å². The maximum Gasteiger partial charge on any atom is 0.165 e. The normalized spacial score (nSPS) is 10.0. The molecule has 3 rings (SSSR count). The van der Waals surface area contributed by atoms with Gasteiger partial charge in [0.15, 0.2) is 5.49 Å². The molecule has 0 radical (unpaired) electrons. The lowest BCUT2D eigenvalue weighted by atomic mass is 10.0. The zero-order chi connectivity index (χ0) is 14.7.